The summed E-state index contributed by atoms with van der Waals surface area (Å²) in [4.78, 5) is 20.6. The van der Waals surface area contributed by atoms with Crippen molar-refractivity contribution in [1.29, 1.82) is 0 Å². The van der Waals surface area contributed by atoms with E-state index in [9.17, 15) is 4.79 Å². The third-order valence-corrected chi connectivity index (χ3v) is 3.70. The first-order chi connectivity index (χ1) is 11.1. The second kappa shape index (κ2) is 6.44. The molecule has 0 fully saturated rings. The molecular weight excluding hydrogens is 288 g/mol. The van der Waals surface area contributed by atoms with Crippen LogP contribution in [0.4, 0.5) is 0 Å². The average molecular weight is 306 g/mol. The van der Waals surface area contributed by atoms with Crippen molar-refractivity contribution in [3.63, 3.8) is 0 Å². The van der Waals surface area contributed by atoms with Crippen LogP contribution in [0.5, 0.6) is 0 Å². The molecule has 3 aromatic rings. The monoisotopic (exact) mass is 306 g/mol. The maximum atomic E-state index is 12.3. The number of hydrogen-bond donors (Lipinski definition) is 1. The number of aryl methyl sites for hydroxylation is 1. The maximum absolute atomic E-state index is 12.3. The molecule has 1 N–H and O–H groups in total. The van der Waals surface area contributed by atoms with E-state index in [1.54, 1.807) is 35.4 Å². The summed E-state index contributed by atoms with van der Waals surface area (Å²) in [5.41, 5.74) is 2.81. The number of hydrogen-bond acceptors (Lipinski definition) is 3. The molecule has 0 radical (unpaired) electrons. The number of nitrogens with zero attached hydrogens (tertiary/aromatic N) is 3. The van der Waals surface area contributed by atoms with E-state index in [2.05, 4.69) is 15.3 Å². The first-order valence-electron chi connectivity index (χ1n) is 7.45. The number of aromatic nitrogens is 3. The Morgan fingerprint density at radius 1 is 1.17 bits per heavy atom. The molecular formula is C18H18N4O. The van der Waals surface area contributed by atoms with Crippen LogP contribution in [-0.2, 0) is 0 Å². The Hall–Kier alpha value is -2.95. The van der Waals surface area contributed by atoms with E-state index < -0.39 is 0 Å². The first kappa shape index (κ1) is 15.0. The van der Waals surface area contributed by atoms with Crippen LogP contribution in [0.2, 0.25) is 0 Å². The number of rotatable bonds is 4. The molecule has 1 unspecified atom stereocenters. The van der Waals surface area contributed by atoms with Crippen LogP contribution in [-0.4, -0.2) is 20.4 Å². The highest BCUT2D eigenvalue weighted by Crippen LogP contribution is 2.14. The number of carbonyl (C=O) groups excluding carboxylic acids is 1. The van der Waals surface area contributed by atoms with Crippen molar-refractivity contribution in [3.8, 4) is 5.82 Å². The summed E-state index contributed by atoms with van der Waals surface area (Å²) in [6.45, 7) is 4.01. The van der Waals surface area contributed by atoms with Crippen molar-refractivity contribution in [2.24, 2.45) is 0 Å². The summed E-state index contributed by atoms with van der Waals surface area (Å²) in [5.74, 6) is 0.591. The third-order valence-electron chi connectivity index (χ3n) is 3.70. The zero-order valence-electron chi connectivity index (χ0n) is 13.1. The highest BCUT2D eigenvalue weighted by molar-refractivity contribution is 5.94. The van der Waals surface area contributed by atoms with Crippen LogP contribution in [0.25, 0.3) is 5.82 Å². The Labute approximate surface area is 135 Å². The zero-order valence-corrected chi connectivity index (χ0v) is 13.1. The Balaban J connectivity index is 1.69. The van der Waals surface area contributed by atoms with Gasteiger partial charge in [-0.15, -0.1) is 0 Å². The van der Waals surface area contributed by atoms with Gasteiger partial charge in [0.15, 0.2) is 0 Å². The maximum Gasteiger partial charge on any atom is 0.253 e. The van der Waals surface area contributed by atoms with E-state index >= 15 is 0 Å². The lowest BCUT2D eigenvalue weighted by Crippen LogP contribution is -2.26. The Kier molecular flexibility index (Phi) is 4.19. The van der Waals surface area contributed by atoms with Gasteiger partial charge in [0.05, 0.1) is 11.6 Å². The summed E-state index contributed by atoms with van der Waals surface area (Å²) in [7, 11) is 0. The molecule has 0 bridgehead atoms. The number of pyridine rings is 1. The normalized spacial score (nSPS) is 11.9. The molecule has 3 rings (SSSR count). The first-order valence-corrected chi connectivity index (χ1v) is 7.45. The number of nitrogens with one attached hydrogen (secondary N) is 1. The summed E-state index contributed by atoms with van der Waals surface area (Å²) in [6, 6.07) is 11.6. The summed E-state index contributed by atoms with van der Waals surface area (Å²) in [6.07, 6.45) is 6.74. The van der Waals surface area contributed by atoms with Crippen LogP contribution in [0, 0.1) is 6.92 Å². The smallest absolute Gasteiger partial charge is 0.253 e. The van der Waals surface area contributed by atoms with Gasteiger partial charge in [-0.05, 0) is 31.5 Å². The highest BCUT2D eigenvalue weighted by atomic mass is 16.1. The topological polar surface area (TPSA) is 59.8 Å². The van der Waals surface area contributed by atoms with Gasteiger partial charge in [-0.2, -0.15) is 0 Å². The molecule has 1 aromatic carbocycles. The van der Waals surface area contributed by atoms with Crippen molar-refractivity contribution >= 4 is 5.91 Å². The zero-order chi connectivity index (χ0) is 16.2. The van der Waals surface area contributed by atoms with Crippen molar-refractivity contribution < 1.29 is 4.79 Å². The summed E-state index contributed by atoms with van der Waals surface area (Å²) in [5, 5.41) is 2.99. The van der Waals surface area contributed by atoms with Crippen molar-refractivity contribution in [2.45, 2.75) is 19.9 Å². The summed E-state index contributed by atoms with van der Waals surface area (Å²) < 4.78 is 1.79. The molecule has 2 heterocycles. The molecule has 0 saturated heterocycles. The molecule has 0 saturated carbocycles. The van der Waals surface area contributed by atoms with Crippen molar-refractivity contribution in [2.75, 3.05) is 0 Å². The van der Waals surface area contributed by atoms with Gasteiger partial charge in [0.1, 0.15) is 12.1 Å². The van der Waals surface area contributed by atoms with E-state index in [4.69, 9.17) is 0 Å². The van der Waals surface area contributed by atoms with Crippen LogP contribution in [0.1, 0.15) is 34.5 Å². The molecule has 2 aromatic heterocycles. The second-order valence-electron chi connectivity index (χ2n) is 5.48. The molecule has 0 aliphatic carbocycles. The largest absolute Gasteiger partial charge is 0.345 e. The molecule has 0 aliphatic heterocycles. The molecule has 5 nitrogen and oxygen atoms in total. The van der Waals surface area contributed by atoms with Gasteiger partial charge in [0, 0.05) is 18.6 Å². The van der Waals surface area contributed by atoms with E-state index in [1.165, 1.54) is 5.56 Å². The lowest BCUT2D eigenvalue weighted by atomic mass is 10.1. The fourth-order valence-electron chi connectivity index (χ4n) is 2.29. The average Bonchev–Trinajstić information content (AvgIpc) is 3.10. The minimum Gasteiger partial charge on any atom is -0.345 e. The lowest BCUT2D eigenvalue weighted by Gasteiger charge is -2.14. The van der Waals surface area contributed by atoms with Gasteiger partial charge >= 0.3 is 0 Å². The van der Waals surface area contributed by atoms with Crippen molar-refractivity contribution in [1.82, 2.24) is 19.9 Å². The predicted molar refractivity (Wildman–Crippen MR) is 88.4 cm³/mol. The minimum absolute atomic E-state index is 0.0589. The van der Waals surface area contributed by atoms with Crippen LogP contribution in [0.15, 0.2) is 61.3 Å². The number of imidazole rings is 1. The van der Waals surface area contributed by atoms with E-state index in [-0.39, 0.29) is 11.9 Å². The van der Waals surface area contributed by atoms with Gasteiger partial charge in [-0.25, -0.2) is 9.97 Å². The fraction of sp³-hybridized carbons (Fsp3) is 0.167. The van der Waals surface area contributed by atoms with Crippen LogP contribution in [0.3, 0.4) is 0 Å². The molecule has 0 spiro atoms. The van der Waals surface area contributed by atoms with E-state index in [1.807, 2.05) is 44.3 Å². The number of amides is 1. The Morgan fingerprint density at radius 2 is 1.96 bits per heavy atom. The summed E-state index contributed by atoms with van der Waals surface area (Å²) >= 11 is 0. The molecule has 116 valence electrons. The van der Waals surface area contributed by atoms with Crippen LogP contribution < -0.4 is 5.32 Å². The standard InChI is InChI=1S/C18H18N4O/c1-13-3-5-15(6-4-13)14(2)21-18(23)16-7-8-17(20-11-16)22-10-9-19-12-22/h3-12,14H,1-2H3,(H,21,23). The molecule has 5 heteroatoms. The van der Waals surface area contributed by atoms with Gasteiger partial charge in [-0.3, -0.25) is 9.36 Å². The number of carbonyl (C=O) groups is 1. The van der Waals surface area contributed by atoms with Gasteiger partial charge in [0.25, 0.3) is 5.91 Å². The Morgan fingerprint density at radius 3 is 2.57 bits per heavy atom. The highest BCUT2D eigenvalue weighted by Gasteiger charge is 2.12. The Bertz CT molecular complexity index is 777. The minimum atomic E-state index is -0.136. The van der Waals surface area contributed by atoms with Crippen molar-refractivity contribution in [3.05, 3.63) is 78.0 Å². The molecule has 1 atom stereocenters. The lowest BCUT2D eigenvalue weighted by molar-refractivity contribution is 0.0939. The van der Waals surface area contributed by atoms with Gasteiger partial charge < -0.3 is 5.32 Å². The second-order valence-corrected chi connectivity index (χ2v) is 5.48. The van der Waals surface area contributed by atoms with Gasteiger partial charge in [0.2, 0.25) is 0 Å². The molecule has 1 amide bonds. The van der Waals surface area contributed by atoms with Crippen LogP contribution >= 0.6 is 0 Å². The number of benzene rings is 1. The fourth-order valence-corrected chi connectivity index (χ4v) is 2.29. The third kappa shape index (κ3) is 3.45. The SMILES string of the molecule is Cc1ccc(C(C)NC(=O)c2ccc(-n3ccnc3)nc2)cc1. The molecule has 0 aliphatic rings. The van der Waals surface area contributed by atoms with E-state index in [0.717, 1.165) is 11.4 Å². The quantitative estimate of drug-likeness (QED) is 0.806. The van der Waals surface area contributed by atoms with Gasteiger partial charge in [-0.1, -0.05) is 29.8 Å². The van der Waals surface area contributed by atoms with E-state index in [0.29, 0.717) is 5.56 Å². The molecule has 23 heavy (non-hydrogen) atoms. The predicted octanol–water partition coefficient (Wildman–Crippen LogP) is 3.07.